The Morgan fingerprint density at radius 3 is 2.48 bits per heavy atom. The summed E-state index contributed by atoms with van der Waals surface area (Å²) in [7, 11) is 0. The fourth-order valence-corrected chi connectivity index (χ4v) is 3.59. The number of ketones is 1. The number of para-hydroxylation sites is 1. The summed E-state index contributed by atoms with van der Waals surface area (Å²) in [4.78, 5) is 29.4. The number of hydrogen-bond donors (Lipinski definition) is 1. The average Bonchev–Trinajstić information content (AvgIpc) is 3.14. The van der Waals surface area contributed by atoms with Crippen LogP contribution in [0.4, 0.5) is 5.82 Å². The molecule has 0 aliphatic carbocycles. The van der Waals surface area contributed by atoms with E-state index in [9.17, 15) is 9.59 Å². The van der Waals surface area contributed by atoms with Gasteiger partial charge < -0.3 is 5.32 Å². The molecule has 2 aromatic heterocycles. The molecule has 0 saturated carbocycles. The summed E-state index contributed by atoms with van der Waals surface area (Å²) in [5.41, 5.74) is 3.42. The van der Waals surface area contributed by atoms with Crippen molar-refractivity contribution in [1.82, 2.24) is 14.8 Å². The van der Waals surface area contributed by atoms with Gasteiger partial charge in [0.25, 0.3) is 0 Å². The molecule has 1 N–H and O–H groups in total. The van der Waals surface area contributed by atoms with Gasteiger partial charge in [0, 0.05) is 29.9 Å². The number of nitrogens with zero attached hydrogens (tertiary/aromatic N) is 3. The second-order valence-electron chi connectivity index (χ2n) is 7.59. The first-order chi connectivity index (χ1) is 15.0. The van der Waals surface area contributed by atoms with E-state index in [2.05, 4.69) is 10.4 Å². The zero-order valence-electron chi connectivity index (χ0n) is 17.6. The minimum Gasteiger partial charge on any atom is -0.311 e. The molecule has 6 heteroatoms. The number of carbonyl (C=O) groups is 2. The van der Waals surface area contributed by atoms with Crippen LogP contribution in [0.25, 0.3) is 16.7 Å². The maximum atomic E-state index is 12.5. The van der Waals surface area contributed by atoms with Gasteiger partial charge >= 0.3 is 0 Å². The number of Topliss-reactive ketones (excluding diaryl/α,β-unsaturated/α-hetero) is 1. The molecule has 6 nitrogen and oxygen atoms in total. The molecule has 4 rings (SSSR count). The van der Waals surface area contributed by atoms with Gasteiger partial charge in [-0.05, 0) is 38.0 Å². The molecule has 31 heavy (non-hydrogen) atoms. The van der Waals surface area contributed by atoms with E-state index in [4.69, 9.17) is 4.98 Å². The van der Waals surface area contributed by atoms with Crippen LogP contribution in [-0.4, -0.2) is 26.5 Å². The lowest BCUT2D eigenvalue weighted by Crippen LogP contribution is -2.15. The highest BCUT2D eigenvalue weighted by atomic mass is 16.1. The molecule has 0 unspecified atom stereocenters. The number of amides is 1. The Morgan fingerprint density at radius 1 is 0.935 bits per heavy atom. The van der Waals surface area contributed by atoms with Crippen molar-refractivity contribution in [2.75, 3.05) is 5.32 Å². The van der Waals surface area contributed by atoms with Gasteiger partial charge in [-0.1, -0.05) is 48.5 Å². The second kappa shape index (κ2) is 8.92. The number of aryl methyl sites for hydroxylation is 2. The van der Waals surface area contributed by atoms with Crippen LogP contribution in [0.15, 0.2) is 66.7 Å². The van der Waals surface area contributed by atoms with E-state index in [1.807, 2.05) is 68.4 Å². The van der Waals surface area contributed by atoms with E-state index >= 15 is 0 Å². The normalized spacial score (nSPS) is 10.9. The fraction of sp³-hybridized carbons (Fsp3) is 0.200. The van der Waals surface area contributed by atoms with E-state index in [1.54, 1.807) is 16.8 Å². The van der Waals surface area contributed by atoms with Crippen LogP contribution >= 0.6 is 0 Å². The van der Waals surface area contributed by atoms with Crippen LogP contribution in [-0.2, 0) is 4.79 Å². The predicted octanol–water partition coefficient (Wildman–Crippen LogP) is 5.03. The number of rotatable bonds is 7. The quantitative estimate of drug-likeness (QED) is 0.432. The van der Waals surface area contributed by atoms with Gasteiger partial charge in [0.05, 0.1) is 11.2 Å². The molecule has 0 fully saturated rings. The SMILES string of the molecule is Cc1cc(NC(=O)CCCC(=O)c2ccccc2)n(-c2cc(C)c3ccccc3n2)n1. The number of fused-ring (bicyclic) bond motifs is 1. The first-order valence-corrected chi connectivity index (χ1v) is 10.3. The van der Waals surface area contributed by atoms with Crippen LogP contribution < -0.4 is 5.32 Å². The Labute approximate surface area is 180 Å². The molecule has 0 aliphatic heterocycles. The molecule has 0 aliphatic rings. The zero-order valence-corrected chi connectivity index (χ0v) is 17.6. The first-order valence-electron chi connectivity index (χ1n) is 10.3. The van der Waals surface area contributed by atoms with Gasteiger partial charge in [-0.2, -0.15) is 9.78 Å². The first kappa shape index (κ1) is 20.5. The molecular weight excluding hydrogens is 388 g/mol. The average molecular weight is 412 g/mol. The molecule has 156 valence electrons. The van der Waals surface area contributed by atoms with Crippen LogP contribution in [0.5, 0.6) is 0 Å². The smallest absolute Gasteiger partial charge is 0.225 e. The largest absolute Gasteiger partial charge is 0.311 e. The second-order valence-corrected chi connectivity index (χ2v) is 7.59. The van der Waals surface area contributed by atoms with Crippen molar-refractivity contribution in [3.63, 3.8) is 0 Å². The van der Waals surface area contributed by atoms with Crippen molar-refractivity contribution < 1.29 is 9.59 Å². The van der Waals surface area contributed by atoms with E-state index in [0.29, 0.717) is 30.0 Å². The molecule has 4 aromatic rings. The van der Waals surface area contributed by atoms with E-state index in [1.165, 1.54) is 0 Å². The number of anilines is 1. The predicted molar refractivity (Wildman–Crippen MR) is 122 cm³/mol. The van der Waals surface area contributed by atoms with Gasteiger partial charge in [0.15, 0.2) is 11.6 Å². The lowest BCUT2D eigenvalue weighted by atomic mass is 10.1. The summed E-state index contributed by atoms with van der Waals surface area (Å²) in [5, 5.41) is 8.52. The molecule has 0 bridgehead atoms. The number of benzene rings is 2. The van der Waals surface area contributed by atoms with Gasteiger partial charge in [-0.3, -0.25) is 9.59 Å². The molecule has 2 aromatic carbocycles. The van der Waals surface area contributed by atoms with Gasteiger partial charge in [0.2, 0.25) is 5.91 Å². The zero-order chi connectivity index (χ0) is 21.8. The summed E-state index contributed by atoms with van der Waals surface area (Å²) >= 11 is 0. The lowest BCUT2D eigenvalue weighted by Gasteiger charge is -2.10. The van der Waals surface area contributed by atoms with E-state index in [-0.39, 0.29) is 18.1 Å². The highest BCUT2D eigenvalue weighted by Gasteiger charge is 2.14. The molecule has 1 amide bonds. The van der Waals surface area contributed by atoms with E-state index < -0.39 is 0 Å². The van der Waals surface area contributed by atoms with Crippen molar-refractivity contribution in [2.24, 2.45) is 0 Å². The Hall–Kier alpha value is -3.80. The third kappa shape index (κ3) is 4.69. The number of aromatic nitrogens is 3. The van der Waals surface area contributed by atoms with Crippen molar-refractivity contribution in [3.05, 3.63) is 83.6 Å². The summed E-state index contributed by atoms with van der Waals surface area (Å²) in [5.74, 6) is 1.11. The van der Waals surface area contributed by atoms with Crippen molar-refractivity contribution in [2.45, 2.75) is 33.1 Å². The summed E-state index contributed by atoms with van der Waals surface area (Å²) < 4.78 is 1.65. The van der Waals surface area contributed by atoms with Gasteiger partial charge in [-0.25, -0.2) is 4.98 Å². The standard InChI is InChI=1S/C25H24N4O2/c1-17-15-23(26-21-12-7-6-11-20(17)21)29-24(16-18(2)28-29)27-25(31)14-8-13-22(30)19-9-4-3-5-10-19/h3-7,9-12,15-16H,8,13-14H2,1-2H3,(H,27,31). The summed E-state index contributed by atoms with van der Waals surface area (Å²) in [6.07, 6.45) is 1.08. The minimum atomic E-state index is -0.153. The maximum absolute atomic E-state index is 12.5. The van der Waals surface area contributed by atoms with E-state index in [0.717, 1.165) is 22.2 Å². The number of carbonyl (C=O) groups excluding carboxylic acids is 2. The number of nitrogens with one attached hydrogen (secondary N) is 1. The minimum absolute atomic E-state index is 0.0464. The monoisotopic (exact) mass is 412 g/mol. The van der Waals surface area contributed by atoms with Crippen LogP contribution in [0.3, 0.4) is 0 Å². The Bertz CT molecular complexity index is 1250. The lowest BCUT2D eigenvalue weighted by molar-refractivity contribution is -0.116. The highest BCUT2D eigenvalue weighted by molar-refractivity contribution is 5.96. The Balaban J connectivity index is 1.45. The van der Waals surface area contributed by atoms with Gasteiger partial charge in [-0.15, -0.1) is 0 Å². The van der Waals surface area contributed by atoms with Crippen molar-refractivity contribution in [3.8, 4) is 5.82 Å². The van der Waals surface area contributed by atoms with Crippen LogP contribution in [0.2, 0.25) is 0 Å². The number of hydrogen-bond acceptors (Lipinski definition) is 4. The molecular formula is C25H24N4O2. The van der Waals surface area contributed by atoms with Crippen molar-refractivity contribution >= 4 is 28.4 Å². The summed E-state index contributed by atoms with van der Waals surface area (Å²) in [6.45, 7) is 3.91. The van der Waals surface area contributed by atoms with Crippen LogP contribution in [0, 0.1) is 13.8 Å². The molecule has 0 spiro atoms. The van der Waals surface area contributed by atoms with Gasteiger partial charge in [0.1, 0.15) is 5.82 Å². The fourth-order valence-electron chi connectivity index (χ4n) is 3.59. The maximum Gasteiger partial charge on any atom is 0.225 e. The molecule has 0 radical (unpaired) electrons. The summed E-state index contributed by atoms with van der Waals surface area (Å²) in [6, 6.07) is 20.9. The third-order valence-electron chi connectivity index (χ3n) is 5.13. The van der Waals surface area contributed by atoms with Crippen molar-refractivity contribution in [1.29, 1.82) is 0 Å². The molecule has 0 atom stereocenters. The number of pyridine rings is 1. The molecule has 2 heterocycles. The topological polar surface area (TPSA) is 76.9 Å². The third-order valence-corrected chi connectivity index (χ3v) is 5.13. The molecule has 0 saturated heterocycles. The Morgan fingerprint density at radius 2 is 1.68 bits per heavy atom. The highest BCUT2D eigenvalue weighted by Crippen LogP contribution is 2.22. The Kier molecular flexibility index (Phi) is 5.89. The van der Waals surface area contributed by atoms with Crippen LogP contribution in [0.1, 0.15) is 40.9 Å².